The largest absolute Gasteiger partial charge is 0.481 e. The van der Waals surface area contributed by atoms with Crippen molar-refractivity contribution in [1.82, 2.24) is 0 Å². The lowest BCUT2D eigenvalue weighted by Crippen LogP contribution is -2.30. The predicted molar refractivity (Wildman–Crippen MR) is 68.7 cm³/mol. The molecule has 2 N–H and O–H groups in total. The van der Waals surface area contributed by atoms with Crippen LogP contribution in [0.2, 0.25) is 0 Å². The van der Waals surface area contributed by atoms with Crippen molar-refractivity contribution < 1.29 is 14.3 Å². The van der Waals surface area contributed by atoms with E-state index in [1.807, 2.05) is 20.8 Å². The summed E-state index contributed by atoms with van der Waals surface area (Å²) in [4.78, 5) is 23.2. The minimum atomic E-state index is -0.498. The van der Waals surface area contributed by atoms with Crippen molar-refractivity contribution in [1.29, 1.82) is 0 Å². The van der Waals surface area contributed by atoms with Gasteiger partial charge in [0.15, 0.2) is 6.61 Å². The summed E-state index contributed by atoms with van der Waals surface area (Å²) in [5.41, 5.74) is 0.578. The minimum Gasteiger partial charge on any atom is -0.481 e. The van der Waals surface area contributed by atoms with E-state index in [0.717, 1.165) is 0 Å². The van der Waals surface area contributed by atoms with Crippen LogP contribution in [0.15, 0.2) is 18.2 Å². The number of hydrogen-bond acceptors (Lipinski definition) is 3. The van der Waals surface area contributed by atoms with Crippen molar-refractivity contribution in [2.45, 2.75) is 20.8 Å². The molecule has 2 amide bonds. The molecule has 0 aliphatic carbocycles. The topological polar surface area (TPSA) is 67.4 Å². The van der Waals surface area contributed by atoms with E-state index < -0.39 is 5.41 Å². The average molecular weight is 248 g/mol. The molecule has 1 aromatic rings. The fourth-order valence-corrected chi connectivity index (χ4v) is 1.51. The van der Waals surface area contributed by atoms with Crippen molar-refractivity contribution in [3.8, 4) is 5.75 Å². The number of hydrogen-bond donors (Lipinski definition) is 2. The van der Waals surface area contributed by atoms with Crippen LogP contribution >= 0.6 is 0 Å². The summed E-state index contributed by atoms with van der Waals surface area (Å²) in [5, 5.41) is 5.50. The molecule has 1 aliphatic heterocycles. The highest BCUT2D eigenvalue weighted by Gasteiger charge is 2.24. The Morgan fingerprint density at radius 1 is 1.39 bits per heavy atom. The minimum absolute atomic E-state index is 0.00364. The molecule has 96 valence electrons. The molecule has 0 aromatic heterocycles. The van der Waals surface area contributed by atoms with E-state index in [1.165, 1.54) is 0 Å². The van der Waals surface area contributed by atoms with Crippen LogP contribution in [0.5, 0.6) is 5.75 Å². The lowest BCUT2D eigenvalue weighted by molar-refractivity contribution is -0.123. The first kappa shape index (κ1) is 12.4. The van der Waals surface area contributed by atoms with E-state index in [1.54, 1.807) is 18.2 Å². The zero-order valence-electron chi connectivity index (χ0n) is 10.7. The molecule has 5 heteroatoms. The summed E-state index contributed by atoms with van der Waals surface area (Å²) in [5.74, 6) is 0.233. The van der Waals surface area contributed by atoms with Crippen LogP contribution in [0.3, 0.4) is 0 Å². The van der Waals surface area contributed by atoms with Crippen LogP contribution in [0.1, 0.15) is 20.8 Å². The van der Waals surface area contributed by atoms with Crippen LogP contribution in [0.25, 0.3) is 0 Å². The number of carbonyl (C=O) groups is 2. The molecule has 0 spiro atoms. The molecule has 2 rings (SSSR count). The van der Waals surface area contributed by atoms with Crippen LogP contribution < -0.4 is 15.4 Å². The van der Waals surface area contributed by atoms with Crippen LogP contribution in [-0.4, -0.2) is 18.4 Å². The highest BCUT2D eigenvalue weighted by atomic mass is 16.5. The van der Waals surface area contributed by atoms with Gasteiger partial charge in [0.1, 0.15) is 11.4 Å². The molecule has 0 saturated heterocycles. The third kappa shape index (κ3) is 2.45. The average Bonchev–Trinajstić information content (AvgIpc) is 2.28. The maximum absolute atomic E-state index is 11.9. The van der Waals surface area contributed by atoms with E-state index >= 15 is 0 Å². The second-order valence-electron chi connectivity index (χ2n) is 5.22. The number of anilines is 2. The van der Waals surface area contributed by atoms with E-state index in [2.05, 4.69) is 10.6 Å². The van der Waals surface area contributed by atoms with Gasteiger partial charge < -0.3 is 15.4 Å². The Hall–Kier alpha value is -2.04. The molecule has 0 saturated carbocycles. The Labute approximate surface area is 106 Å². The van der Waals surface area contributed by atoms with Gasteiger partial charge in [0.25, 0.3) is 5.91 Å². The molecule has 1 aliphatic rings. The Bertz CT molecular complexity index is 503. The molecular formula is C13H16N2O3. The highest BCUT2D eigenvalue weighted by molar-refractivity contribution is 6.04. The van der Waals surface area contributed by atoms with Crippen molar-refractivity contribution in [3.63, 3.8) is 0 Å². The van der Waals surface area contributed by atoms with Gasteiger partial charge in [0.2, 0.25) is 5.91 Å². The first-order valence-electron chi connectivity index (χ1n) is 5.75. The van der Waals surface area contributed by atoms with Gasteiger partial charge in [-0.25, -0.2) is 0 Å². The SMILES string of the molecule is CC(C)(C)C(=O)Nc1cccc2c1NC(=O)CO2. The Kier molecular flexibility index (Phi) is 2.98. The maximum atomic E-state index is 11.9. The fraction of sp³-hybridized carbons (Fsp3) is 0.385. The summed E-state index contributed by atoms with van der Waals surface area (Å²) in [6.45, 7) is 5.48. The number of carbonyl (C=O) groups excluding carboxylic acids is 2. The number of amides is 2. The molecule has 5 nitrogen and oxygen atoms in total. The molecule has 1 heterocycles. The van der Waals surface area contributed by atoms with E-state index in [9.17, 15) is 9.59 Å². The quantitative estimate of drug-likeness (QED) is 0.798. The number of nitrogens with one attached hydrogen (secondary N) is 2. The van der Waals surface area contributed by atoms with Crippen LogP contribution in [0.4, 0.5) is 11.4 Å². The number of fused-ring (bicyclic) bond motifs is 1. The van der Waals surface area contributed by atoms with Gasteiger partial charge in [0.05, 0.1) is 5.69 Å². The third-order valence-electron chi connectivity index (χ3n) is 2.58. The first-order chi connectivity index (χ1) is 8.38. The molecule has 0 bridgehead atoms. The smallest absolute Gasteiger partial charge is 0.262 e. The fourth-order valence-electron chi connectivity index (χ4n) is 1.51. The van der Waals surface area contributed by atoms with Crippen molar-refractivity contribution >= 4 is 23.2 Å². The van der Waals surface area contributed by atoms with Gasteiger partial charge in [-0.3, -0.25) is 9.59 Å². The summed E-state index contributed by atoms with van der Waals surface area (Å²) in [7, 11) is 0. The van der Waals surface area contributed by atoms with Crippen LogP contribution in [0, 0.1) is 5.41 Å². The number of rotatable bonds is 1. The van der Waals surface area contributed by atoms with Crippen molar-refractivity contribution in [2.75, 3.05) is 17.2 Å². The van der Waals surface area contributed by atoms with Gasteiger partial charge >= 0.3 is 0 Å². The molecule has 0 radical (unpaired) electrons. The first-order valence-corrected chi connectivity index (χ1v) is 5.75. The lowest BCUT2D eigenvalue weighted by Gasteiger charge is -2.23. The molecule has 0 atom stereocenters. The summed E-state index contributed by atoms with van der Waals surface area (Å²) in [6.07, 6.45) is 0. The zero-order chi connectivity index (χ0) is 13.3. The Morgan fingerprint density at radius 3 is 2.78 bits per heavy atom. The van der Waals surface area contributed by atoms with E-state index in [-0.39, 0.29) is 18.4 Å². The van der Waals surface area contributed by atoms with Gasteiger partial charge in [-0.15, -0.1) is 0 Å². The van der Waals surface area contributed by atoms with Gasteiger partial charge in [-0.1, -0.05) is 26.8 Å². The number of ether oxygens (including phenoxy) is 1. The molecule has 0 unspecified atom stereocenters. The predicted octanol–water partition coefficient (Wildman–Crippen LogP) is 2.00. The molecule has 0 fully saturated rings. The number of benzene rings is 1. The molecule has 18 heavy (non-hydrogen) atoms. The molecule has 1 aromatic carbocycles. The lowest BCUT2D eigenvalue weighted by atomic mass is 9.95. The van der Waals surface area contributed by atoms with Gasteiger partial charge in [0, 0.05) is 5.41 Å². The summed E-state index contributed by atoms with van der Waals surface area (Å²) >= 11 is 0. The Balaban J connectivity index is 2.29. The van der Waals surface area contributed by atoms with E-state index in [0.29, 0.717) is 17.1 Å². The number of para-hydroxylation sites is 1. The normalized spacial score (nSPS) is 14.3. The third-order valence-corrected chi connectivity index (χ3v) is 2.58. The monoisotopic (exact) mass is 248 g/mol. The van der Waals surface area contributed by atoms with Gasteiger partial charge in [-0.2, -0.15) is 0 Å². The van der Waals surface area contributed by atoms with Gasteiger partial charge in [-0.05, 0) is 12.1 Å². The summed E-state index contributed by atoms with van der Waals surface area (Å²) in [6, 6.07) is 5.26. The Morgan fingerprint density at radius 2 is 2.11 bits per heavy atom. The second-order valence-corrected chi connectivity index (χ2v) is 5.22. The van der Waals surface area contributed by atoms with E-state index in [4.69, 9.17) is 4.74 Å². The highest BCUT2D eigenvalue weighted by Crippen LogP contribution is 2.35. The summed E-state index contributed by atoms with van der Waals surface area (Å²) < 4.78 is 5.28. The maximum Gasteiger partial charge on any atom is 0.262 e. The van der Waals surface area contributed by atoms with Crippen LogP contribution in [-0.2, 0) is 9.59 Å². The second kappa shape index (κ2) is 4.33. The standard InChI is InChI=1S/C13H16N2O3/c1-13(2,3)12(17)14-8-5-4-6-9-11(8)15-10(16)7-18-9/h4-6H,7H2,1-3H3,(H,14,17)(H,15,16). The zero-order valence-corrected chi connectivity index (χ0v) is 10.7. The van der Waals surface area contributed by atoms with Crippen molar-refractivity contribution in [2.24, 2.45) is 5.41 Å². The molecular weight excluding hydrogens is 232 g/mol. The van der Waals surface area contributed by atoms with Crippen molar-refractivity contribution in [3.05, 3.63) is 18.2 Å².